The van der Waals surface area contributed by atoms with E-state index < -0.39 is 12.1 Å². The molecule has 112 valence electrons. The van der Waals surface area contributed by atoms with Crippen LogP contribution in [0.3, 0.4) is 0 Å². The molecule has 0 bridgehead atoms. The second-order valence-electron chi connectivity index (χ2n) is 4.40. The maximum atomic E-state index is 12.0. The number of aliphatic imine (C=N–C) groups is 1. The fourth-order valence-electron chi connectivity index (χ4n) is 1.89. The SMILES string of the molecule is NC(=O)NC(CC(=O)NC1=NCCS1)c1ccc(Cl)cc1. The van der Waals surface area contributed by atoms with Gasteiger partial charge in [0, 0.05) is 10.8 Å². The van der Waals surface area contributed by atoms with Crippen LogP contribution in [0, 0.1) is 0 Å². The Kier molecular flexibility index (Phi) is 5.46. The number of nitrogens with zero attached hydrogens (tertiary/aromatic N) is 1. The average molecular weight is 327 g/mol. The van der Waals surface area contributed by atoms with E-state index in [9.17, 15) is 9.59 Å². The van der Waals surface area contributed by atoms with E-state index in [2.05, 4.69) is 15.6 Å². The van der Waals surface area contributed by atoms with Crippen LogP contribution < -0.4 is 16.4 Å². The first-order valence-corrected chi connectivity index (χ1v) is 7.69. The number of hydrogen-bond acceptors (Lipinski definition) is 4. The Bertz CT molecular complexity index is 562. The van der Waals surface area contributed by atoms with E-state index in [1.165, 1.54) is 11.8 Å². The number of rotatable bonds is 4. The van der Waals surface area contributed by atoms with Crippen LogP contribution in [0.1, 0.15) is 18.0 Å². The molecule has 0 spiro atoms. The molecule has 1 aromatic rings. The summed E-state index contributed by atoms with van der Waals surface area (Å²) in [5, 5.41) is 6.48. The van der Waals surface area contributed by atoms with Crippen molar-refractivity contribution < 1.29 is 9.59 Å². The number of primary amides is 1. The molecule has 1 aliphatic heterocycles. The molecule has 1 atom stereocenters. The van der Waals surface area contributed by atoms with Crippen molar-refractivity contribution in [2.75, 3.05) is 12.3 Å². The molecular formula is C13H15ClN4O2S. The quantitative estimate of drug-likeness (QED) is 0.785. The standard InChI is InChI=1S/C13H15ClN4O2S/c14-9-3-1-8(2-4-9)10(17-12(15)20)7-11(19)18-13-16-5-6-21-13/h1-4,10H,5-7H2,(H3,15,17,20)(H,16,18,19). The van der Waals surface area contributed by atoms with Gasteiger partial charge in [-0.2, -0.15) is 0 Å². The molecule has 0 fully saturated rings. The predicted octanol–water partition coefficient (Wildman–Crippen LogP) is 1.66. The average Bonchev–Trinajstić information content (AvgIpc) is 2.91. The van der Waals surface area contributed by atoms with Crippen molar-refractivity contribution in [2.45, 2.75) is 12.5 Å². The lowest BCUT2D eigenvalue weighted by molar-refractivity contribution is -0.120. The van der Waals surface area contributed by atoms with Gasteiger partial charge in [-0.1, -0.05) is 35.5 Å². The fourth-order valence-corrected chi connectivity index (χ4v) is 2.76. The van der Waals surface area contributed by atoms with Gasteiger partial charge >= 0.3 is 6.03 Å². The number of halogens is 1. The van der Waals surface area contributed by atoms with E-state index in [0.717, 1.165) is 11.3 Å². The summed E-state index contributed by atoms with van der Waals surface area (Å²) >= 11 is 7.33. The largest absolute Gasteiger partial charge is 0.352 e. The zero-order chi connectivity index (χ0) is 15.2. The number of urea groups is 1. The smallest absolute Gasteiger partial charge is 0.312 e. The molecule has 2 rings (SSSR count). The Labute approximate surface area is 131 Å². The van der Waals surface area contributed by atoms with Gasteiger partial charge in [-0.15, -0.1) is 0 Å². The molecule has 6 nitrogen and oxygen atoms in total. The van der Waals surface area contributed by atoms with Gasteiger partial charge in [0.1, 0.15) is 0 Å². The summed E-state index contributed by atoms with van der Waals surface area (Å²) in [6.45, 7) is 0.709. The zero-order valence-electron chi connectivity index (χ0n) is 11.1. The minimum Gasteiger partial charge on any atom is -0.352 e. The van der Waals surface area contributed by atoms with Crippen LogP contribution >= 0.6 is 23.4 Å². The number of amides is 3. The molecule has 8 heteroatoms. The molecule has 4 N–H and O–H groups in total. The molecule has 0 saturated heterocycles. The summed E-state index contributed by atoms with van der Waals surface area (Å²) in [4.78, 5) is 27.3. The first kappa shape index (κ1) is 15.7. The summed E-state index contributed by atoms with van der Waals surface area (Å²) in [6, 6.07) is 5.70. The number of nitrogens with two attached hydrogens (primary N) is 1. The van der Waals surface area contributed by atoms with Crippen LogP contribution in [0.25, 0.3) is 0 Å². The van der Waals surface area contributed by atoms with Crippen LogP contribution in [-0.2, 0) is 4.79 Å². The first-order valence-electron chi connectivity index (χ1n) is 6.33. The normalized spacial score (nSPS) is 15.2. The van der Waals surface area contributed by atoms with Crippen LogP contribution in [0.2, 0.25) is 5.02 Å². The monoisotopic (exact) mass is 326 g/mol. The molecule has 0 saturated carbocycles. The summed E-state index contributed by atoms with van der Waals surface area (Å²) in [6.07, 6.45) is 0.0736. The van der Waals surface area contributed by atoms with E-state index in [-0.39, 0.29) is 12.3 Å². The molecular weight excluding hydrogens is 312 g/mol. The van der Waals surface area contributed by atoms with Crippen LogP contribution in [-0.4, -0.2) is 29.4 Å². The zero-order valence-corrected chi connectivity index (χ0v) is 12.7. The van der Waals surface area contributed by atoms with E-state index in [4.69, 9.17) is 17.3 Å². The molecule has 0 aliphatic carbocycles. The summed E-state index contributed by atoms with van der Waals surface area (Å²) in [5.41, 5.74) is 5.92. The maximum Gasteiger partial charge on any atom is 0.312 e. The third kappa shape index (κ3) is 4.95. The van der Waals surface area contributed by atoms with Crippen LogP contribution in [0.4, 0.5) is 4.79 Å². The molecule has 1 aliphatic rings. The van der Waals surface area contributed by atoms with Gasteiger partial charge in [-0.25, -0.2) is 4.79 Å². The Balaban J connectivity index is 2.03. The molecule has 0 radical (unpaired) electrons. The number of carbonyl (C=O) groups is 2. The van der Waals surface area contributed by atoms with Crippen molar-refractivity contribution in [1.29, 1.82) is 0 Å². The van der Waals surface area contributed by atoms with Crippen molar-refractivity contribution in [1.82, 2.24) is 10.6 Å². The topological polar surface area (TPSA) is 96.6 Å². The number of benzene rings is 1. The van der Waals surface area contributed by atoms with Crippen molar-refractivity contribution >= 4 is 40.5 Å². The third-order valence-electron chi connectivity index (χ3n) is 2.81. The fraction of sp³-hybridized carbons (Fsp3) is 0.308. The highest BCUT2D eigenvalue weighted by Gasteiger charge is 2.19. The summed E-state index contributed by atoms with van der Waals surface area (Å²) in [5.74, 6) is 0.646. The Morgan fingerprint density at radius 2 is 2.10 bits per heavy atom. The highest BCUT2D eigenvalue weighted by Crippen LogP contribution is 2.20. The number of thioether (sulfide) groups is 1. The minimum absolute atomic E-state index is 0.0736. The van der Waals surface area contributed by atoms with Gasteiger partial charge in [0.25, 0.3) is 0 Å². The minimum atomic E-state index is -0.685. The van der Waals surface area contributed by atoms with Crippen LogP contribution in [0.5, 0.6) is 0 Å². The van der Waals surface area contributed by atoms with Gasteiger partial charge < -0.3 is 16.4 Å². The number of hydrogen-bond donors (Lipinski definition) is 3. The Hall–Kier alpha value is -1.73. The lowest BCUT2D eigenvalue weighted by Gasteiger charge is -2.17. The molecule has 21 heavy (non-hydrogen) atoms. The van der Waals surface area contributed by atoms with E-state index in [0.29, 0.717) is 16.7 Å². The van der Waals surface area contributed by atoms with Crippen molar-refractivity contribution in [3.05, 3.63) is 34.9 Å². The van der Waals surface area contributed by atoms with Crippen LogP contribution in [0.15, 0.2) is 29.3 Å². The molecule has 3 amide bonds. The summed E-state index contributed by atoms with van der Waals surface area (Å²) in [7, 11) is 0. The third-order valence-corrected chi connectivity index (χ3v) is 3.95. The number of amidine groups is 1. The van der Waals surface area contributed by atoms with Crippen molar-refractivity contribution in [3.8, 4) is 0 Å². The van der Waals surface area contributed by atoms with Gasteiger partial charge in [0.2, 0.25) is 5.91 Å². The predicted molar refractivity (Wildman–Crippen MR) is 84.4 cm³/mol. The highest BCUT2D eigenvalue weighted by atomic mass is 35.5. The highest BCUT2D eigenvalue weighted by molar-refractivity contribution is 8.14. The number of nitrogens with one attached hydrogen (secondary N) is 2. The van der Waals surface area contributed by atoms with Gasteiger partial charge in [0.15, 0.2) is 5.17 Å². The first-order chi connectivity index (χ1) is 10.0. The Morgan fingerprint density at radius 3 is 2.67 bits per heavy atom. The summed E-state index contributed by atoms with van der Waals surface area (Å²) < 4.78 is 0. The molecule has 1 aromatic carbocycles. The van der Waals surface area contributed by atoms with Gasteiger partial charge in [0.05, 0.1) is 19.0 Å². The van der Waals surface area contributed by atoms with Crippen molar-refractivity contribution in [2.24, 2.45) is 10.7 Å². The van der Waals surface area contributed by atoms with Gasteiger partial charge in [-0.3, -0.25) is 9.79 Å². The molecule has 1 unspecified atom stereocenters. The molecule has 0 aromatic heterocycles. The van der Waals surface area contributed by atoms with Crippen molar-refractivity contribution in [3.63, 3.8) is 0 Å². The van der Waals surface area contributed by atoms with Gasteiger partial charge in [-0.05, 0) is 17.7 Å². The maximum absolute atomic E-state index is 12.0. The van der Waals surface area contributed by atoms with E-state index in [1.807, 2.05) is 0 Å². The second kappa shape index (κ2) is 7.33. The van der Waals surface area contributed by atoms with E-state index >= 15 is 0 Å². The molecule has 1 heterocycles. The second-order valence-corrected chi connectivity index (χ2v) is 5.92. The Morgan fingerprint density at radius 1 is 1.38 bits per heavy atom. The number of carbonyl (C=O) groups excluding carboxylic acids is 2. The lowest BCUT2D eigenvalue weighted by atomic mass is 10.0. The van der Waals surface area contributed by atoms with E-state index in [1.54, 1.807) is 24.3 Å². The lowest BCUT2D eigenvalue weighted by Crippen LogP contribution is -2.37.